The van der Waals surface area contributed by atoms with Gasteiger partial charge in [-0.25, -0.2) is 0 Å². The van der Waals surface area contributed by atoms with Crippen LogP contribution in [0.5, 0.6) is 0 Å². The number of hydrogen-bond acceptors (Lipinski definition) is 2. The molecule has 1 amide bonds. The lowest BCUT2D eigenvalue weighted by Crippen LogP contribution is -2.48. The van der Waals surface area contributed by atoms with Gasteiger partial charge in [-0.15, -0.1) is 0 Å². The van der Waals surface area contributed by atoms with Crippen LogP contribution >= 0.6 is 0 Å². The van der Waals surface area contributed by atoms with E-state index in [0.29, 0.717) is 0 Å². The molecule has 2 fully saturated rings. The number of likely N-dealkylation sites (tertiary alicyclic amines) is 1. The summed E-state index contributed by atoms with van der Waals surface area (Å²) in [6.45, 7) is 7.18. The summed E-state index contributed by atoms with van der Waals surface area (Å²) in [6.07, 6.45) is 3.13. The van der Waals surface area contributed by atoms with Crippen molar-refractivity contribution in [1.29, 1.82) is 0 Å². The topological polar surface area (TPSA) is 29.5 Å². The van der Waals surface area contributed by atoms with Crippen LogP contribution in [0.4, 0.5) is 0 Å². The van der Waals surface area contributed by atoms with Gasteiger partial charge in [0.25, 0.3) is 5.91 Å². The van der Waals surface area contributed by atoms with Gasteiger partial charge in [-0.05, 0) is 24.7 Å². The normalized spacial score (nSPS) is 27.9. The number of amides is 1. The van der Waals surface area contributed by atoms with Gasteiger partial charge in [0.05, 0.1) is 6.61 Å². The summed E-state index contributed by atoms with van der Waals surface area (Å²) < 4.78 is 5.23. The predicted octanol–water partition coefficient (Wildman–Crippen LogP) is 1.67. The van der Waals surface area contributed by atoms with Gasteiger partial charge in [-0.3, -0.25) is 4.79 Å². The van der Waals surface area contributed by atoms with Crippen molar-refractivity contribution in [1.82, 2.24) is 4.90 Å². The molecule has 0 bridgehead atoms. The lowest BCUT2D eigenvalue weighted by Gasteiger charge is -2.37. The van der Waals surface area contributed by atoms with Gasteiger partial charge in [0.2, 0.25) is 0 Å². The Morgan fingerprint density at radius 3 is 2.27 bits per heavy atom. The van der Waals surface area contributed by atoms with Crippen molar-refractivity contribution in [3.05, 3.63) is 0 Å². The van der Waals surface area contributed by atoms with Gasteiger partial charge in [0.15, 0.2) is 0 Å². The third-order valence-corrected chi connectivity index (χ3v) is 3.77. The smallest absolute Gasteiger partial charge is 0.251 e. The van der Waals surface area contributed by atoms with E-state index >= 15 is 0 Å². The summed E-state index contributed by atoms with van der Waals surface area (Å²) in [5.74, 6) is 1.78. The lowest BCUT2D eigenvalue weighted by molar-refractivity contribution is -0.157. The highest BCUT2D eigenvalue weighted by Crippen LogP contribution is 2.26. The molecular weight excluding hydrogens is 190 g/mol. The van der Waals surface area contributed by atoms with E-state index in [1.165, 1.54) is 0 Å². The molecule has 3 heteroatoms. The zero-order valence-electron chi connectivity index (χ0n) is 9.74. The maximum absolute atomic E-state index is 11.9. The number of carbonyl (C=O) groups excluding carboxylic acids is 1. The molecule has 0 radical (unpaired) electrons. The van der Waals surface area contributed by atoms with Gasteiger partial charge in [0, 0.05) is 19.5 Å². The van der Waals surface area contributed by atoms with Gasteiger partial charge < -0.3 is 9.64 Å². The van der Waals surface area contributed by atoms with Crippen LogP contribution in [0, 0.1) is 11.8 Å². The molecule has 2 heterocycles. The van der Waals surface area contributed by atoms with Crippen molar-refractivity contribution in [3.63, 3.8) is 0 Å². The Morgan fingerprint density at radius 2 is 1.87 bits per heavy atom. The van der Waals surface area contributed by atoms with Crippen LogP contribution in [-0.2, 0) is 9.53 Å². The molecule has 2 rings (SSSR count). The number of carbonyl (C=O) groups is 1. The molecule has 0 aliphatic carbocycles. The van der Waals surface area contributed by atoms with Crippen molar-refractivity contribution < 1.29 is 9.53 Å². The Hall–Kier alpha value is -0.570. The Balaban J connectivity index is 1.79. The SMILES string of the molecule is CC(C)C1CCN(C(=O)C2CCO2)CC1. The first-order valence-electron chi connectivity index (χ1n) is 6.09. The molecule has 1 unspecified atom stereocenters. The molecule has 2 aliphatic heterocycles. The van der Waals surface area contributed by atoms with E-state index in [-0.39, 0.29) is 12.0 Å². The molecule has 0 aromatic rings. The zero-order chi connectivity index (χ0) is 10.8. The molecular formula is C12H21NO2. The van der Waals surface area contributed by atoms with Crippen LogP contribution < -0.4 is 0 Å². The molecule has 1 atom stereocenters. The molecule has 86 valence electrons. The Morgan fingerprint density at radius 1 is 1.27 bits per heavy atom. The fourth-order valence-corrected chi connectivity index (χ4v) is 2.42. The van der Waals surface area contributed by atoms with E-state index < -0.39 is 0 Å². The summed E-state index contributed by atoms with van der Waals surface area (Å²) in [5, 5.41) is 0. The summed E-state index contributed by atoms with van der Waals surface area (Å²) in [4.78, 5) is 13.8. The first-order chi connectivity index (χ1) is 7.18. The highest BCUT2D eigenvalue weighted by molar-refractivity contribution is 5.81. The van der Waals surface area contributed by atoms with Crippen LogP contribution in [0.15, 0.2) is 0 Å². The predicted molar refractivity (Wildman–Crippen MR) is 58.5 cm³/mol. The molecule has 0 aromatic carbocycles. The Kier molecular flexibility index (Phi) is 3.29. The molecule has 0 saturated carbocycles. The zero-order valence-corrected chi connectivity index (χ0v) is 9.74. The first kappa shape index (κ1) is 10.9. The minimum absolute atomic E-state index is 0.111. The van der Waals surface area contributed by atoms with E-state index in [1.807, 2.05) is 4.90 Å². The molecule has 0 aromatic heterocycles. The van der Waals surface area contributed by atoms with Crippen LogP contribution in [0.3, 0.4) is 0 Å². The van der Waals surface area contributed by atoms with Crippen LogP contribution in [0.1, 0.15) is 33.1 Å². The van der Waals surface area contributed by atoms with E-state index in [1.54, 1.807) is 0 Å². The van der Waals surface area contributed by atoms with Crippen molar-refractivity contribution >= 4 is 5.91 Å². The molecule has 0 N–H and O–H groups in total. The maximum atomic E-state index is 11.9. The molecule has 15 heavy (non-hydrogen) atoms. The van der Waals surface area contributed by atoms with Crippen LogP contribution in [0.25, 0.3) is 0 Å². The first-order valence-corrected chi connectivity index (χ1v) is 6.09. The van der Waals surface area contributed by atoms with Crippen molar-refractivity contribution in [2.75, 3.05) is 19.7 Å². The van der Waals surface area contributed by atoms with Gasteiger partial charge >= 0.3 is 0 Å². The highest BCUT2D eigenvalue weighted by Gasteiger charge is 2.32. The van der Waals surface area contributed by atoms with Gasteiger partial charge in [-0.1, -0.05) is 13.8 Å². The summed E-state index contributed by atoms with van der Waals surface area (Å²) in [6, 6.07) is 0. The third kappa shape index (κ3) is 2.33. The molecule has 3 nitrogen and oxygen atoms in total. The second-order valence-electron chi connectivity index (χ2n) is 5.05. The number of nitrogens with zero attached hydrogens (tertiary/aromatic N) is 1. The van der Waals surface area contributed by atoms with E-state index in [4.69, 9.17) is 4.74 Å². The fourth-order valence-electron chi connectivity index (χ4n) is 2.42. The number of ether oxygens (including phenoxy) is 1. The summed E-state index contributed by atoms with van der Waals surface area (Å²) in [7, 11) is 0. The average Bonchev–Trinajstić information content (AvgIpc) is 2.15. The Labute approximate surface area is 91.8 Å². The minimum Gasteiger partial charge on any atom is -0.368 e. The maximum Gasteiger partial charge on any atom is 0.251 e. The quantitative estimate of drug-likeness (QED) is 0.695. The van der Waals surface area contributed by atoms with Gasteiger partial charge in [-0.2, -0.15) is 0 Å². The average molecular weight is 211 g/mol. The van der Waals surface area contributed by atoms with Crippen molar-refractivity contribution in [2.24, 2.45) is 11.8 Å². The van der Waals surface area contributed by atoms with E-state index in [2.05, 4.69) is 13.8 Å². The van der Waals surface area contributed by atoms with E-state index in [9.17, 15) is 4.79 Å². The Bertz CT molecular complexity index is 228. The second-order valence-corrected chi connectivity index (χ2v) is 5.05. The van der Waals surface area contributed by atoms with Crippen molar-refractivity contribution in [2.45, 2.75) is 39.2 Å². The lowest BCUT2D eigenvalue weighted by atomic mass is 9.86. The number of hydrogen-bond donors (Lipinski definition) is 0. The van der Waals surface area contributed by atoms with Crippen LogP contribution in [-0.4, -0.2) is 36.6 Å². The molecule has 0 spiro atoms. The number of rotatable bonds is 2. The second kappa shape index (κ2) is 4.52. The third-order valence-electron chi connectivity index (χ3n) is 3.77. The minimum atomic E-state index is -0.111. The van der Waals surface area contributed by atoms with Crippen LogP contribution in [0.2, 0.25) is 0 Å². The largest absolute Gasteiger partial charge is 0.368 e. The van der Waals surface area contributed by atoms with Gasteiger partial charge in [0.1, 0.15) is 6.10 Å². The number of piperidine rings is 1. The fraction of sp³-hybridized carbons (Fsp3) is 0.917. The van der Waals surface area contributed by atoms with E-state index in [0.717, 1.165) is 50.8 Å². The summed E-state index contributed by atoms with van der Waals surface area (Å²) in [5.41, 5.74) is 0. The highest BCUT2D eigenvalue weighted by atomic mass is 16.5. The van der Waals surface area contributed by atoms with Crippen molar-refractivity contribution in [3.8, 4) is 0 Å². The summed E-state index contributed by atoms with van der Waals surface area (Å²) >= 11 is 0. The monoisotopic (exact) mass is 211 g/mol. The molecule has 2 saturated heterocycles. The molecule has 2 aliphatic rings. The standard InChI is InChI=1S/C12H21NO2/c1-9(2)10-3-6-13(7-4-10)12(14)11-5-8-15-11/h9-11H,3-8H2,1-2H3.